The van der Waals surface area contributed by atoms with Crippen LogP contribution in [-0.2, 0) is 21.4 Å². The minimum absolute atomic E-state index is 0.0929. The molecule has 0 fully saturated rings. The van der Waals surface area contributed by atoms with Gasteiger partial charge in [-0.2, -0.15) is 4.98 Å². The van der Waals surface area contributed by atoms with E-state index in [1.54, 1.807) is 18.2 Å². The minimum atomic E-state index is -3.55. The Bertz CT molecular complexity index is 1270. The van der Waals surface area contributed by atoms with Gasteiger partial charge in [0.2, 0.25) is 27.6 Å². The smallest absolute Gasteiger partial charge is 0.246 e. The molecule has 2 heterocycles. The highest BCUT2D eigenvalue weighted by Gasteiger charge is 2.21. The summed E-state index contributed by atoms with van der Waals surface area (Å²) in [5.74, 6) is 1.59. The van der Waals surface area contributed by atoms with E-state index in [1.165, 1.54) is 4.31 Å². The molecule has 1 amide bonds. The Morgan fingerprint density at radius 1 is 1.12 bits per heavy atom. The van der Waals surface area contributed by atoms with Crippen LogP contribution in [0.4, 0.5) is 5.69 Å². The largest absolute Gasteiger partial charge is 0.486 e. The van der Waals surface area contributed by atoms with Crippen molar-refractivity contribution in [3.8, 4) is 22.9 Å². The van der Waals surface area contributed by atoms with Crippen molar-refractivity contribution < 1.29 is 27.2 Å². The Morgan fingerprint density at radius 3 is 2.65 bits per heavy atom. The predicted molar refractivity (Wildman–Crippen MR) is 125 cm³/mol. The summed E-state index contributed by atoms with van der Waals surface area (Å²) in [5.41, 5.74) is 2.35. The number of anilines is 1. The number of benzene rings is 2. The summed E-state index contributed by atoms with van der Waals surface area (Å²) in [4.78, 5) is 16.6. The summed E-state index contributed by atoms with van der Waals surface area (Å²) in [7, 11) is -3.55. The molecule has 3 aromatic rings. The zero-order valence-electron chi connectivity index (χ0n) is 19.0. The van der Waals surface area contributed by atoms with E-state index < -0.39 is 10.0 Å². The van der Waals surface area contributed by atoms with Gasteiger partial charge in [-0.05, 0) is 31.0 Å². The lowest BCUT2D eigenvalue weighted by molar-refractivity contribution is -0.121. The van der Waals surface area contributed by atoms with Crippen LogP contribution in [0.3, 0.4) is 0 Å². The summed E-state index contributed by atoms with van der Waals surface area (Å²) in [6.07, 6.45) is 1.59. The van der Waals surface area contributed by atoms with Crippen molar-refractivity contribution in [2.45, 2.75) is 26.3 Å². The standard InChI is InChI=1S/C23H26N4O6S/c1-16-6-3-4-7-18(16)23-25-22(33-26-23)15-24-21(28)8-5-11-27(34(2,29)30)17-9-10-19-20(14-17)32-13-12-31-19/h3-4,6-7,9-10,14H,5,8,11-13,15H2,1-2H3,(H,24,28). The van der Waals surface area contributed by atoms with E-state index in [9.17, 15) is 13.2 Å². The van der Waals surface area contributed by atoms with Gasteiger partial charge < -0.3 is 19.3 Å². The predicted octanol–water partition coefficient (Wildman–Crippen LogP) is 2.68. The van der Waals surface area contributed by atoms with Gasteiger partial charge in [-0.3, -0.25) is 9.10 Å². The molecule has 0 unspecified atom stereocenters. The van der Waals surface area contributed by atoms with Gasteiger partial charge in [0.25, 0.3) is 0 Å². The van der Waals surface area contributed by atoms with E-state index in [-0.39, 0.29) is 25.4 Å². The lowest BCUT2D eigenvalue weighted by atomic mass is 10.1. The molecule has 0 radical (unpaired) electrons. The maximum atomic E-state index is 12.4. The lowest BCUT2D eigenvalue weighted by Crippen LogP contribution is -2.32. The molecule has 0 spiro atoms. The molecule has 11 heteroatoms. The zero-order chi connectivity index (χ0) is 24.1. The maximum absolute atomic E-state index is 12.4. The molecular weight excluding hydrogens is 460 g/mol. The van der Waals surface area contributed by atoms with Crippen molar-refractivity contribution in [2.24, 2.45) is 0 Å². The number of aromatic nitrogens is 2. The van der Waals surface area contributed by atoms with Crippen LogP contribution in [0.15, 0.2) is 47.0 Å². The van der Waals surface area contributed by atoms with Crippen molar-refractivity contribution in [1.29, 1.82) is 0 Å². The van der Waals surface area contributed by atoms with Crippen molar-refractivity contribution >= 4 is 21.6 Å². The number of hydrogen-bond acceptors (Lipinski definition) is 8. The Labute approximate surface area is 197 Å². The van der Waals surface area contributed by atoms with E-state index in [0.717, 1.165) is 17.4 Å². The number of hydrogen-bond donors (Lipinski definition) is 1. The fourth-order valence-corrected chi connectivity index (χ4v) is 4.54. The number of nitrogens with zero attached hydrogens (tertiary/aromatic N) is 3. The first kappa shape index (κ1) is 23.6. The van der Waals surface area contributed by atoms with Gasteiger partial charge in [-0.15, -0.1) is 0 Å². The Kier molecular flexibility index (Phi) is 7.01. The average Bonchev–Trinajstić information content (AvgIpc) is 3.28. The molecule has 0 aliphatic carbocycles. The first-order chi connectivity index (χ1) is 16.3. The Hall–Kier alpha value is -3.60. The molecule has 10 nitrogen and oxygen atoms in total. The molecule has 0 bridgehead atoms. The normalized spacial score (nSPS) is 12.9. The zero-order valence-corrected chi connectivity index (χ0v) is 19.8. The number of nitrogens with one attached hydrogen (secondary N) is 1. The van der Waals surface area contributed by atoms with Crippen LogP contribution < -0.4 is 19.1 Å². The highest BCUT2D eigenvalue weighted by molar-refractivity contribution is 7.92. The van der Waals surface area contributed by atoms with Gasteiger partial charge in [-0.25, -0.2) is 8.42 Å². The van der Waals surface area contributed by atoms with Crippen LogP contribution in [0.2, 0.25) is 0 Å². The molecule has 180 valence electrons. The van der Waals surface area contributed by atoms with E-state index in [2.05, 4.69) is 15.5 Å². The first-order valence-electron chi connectivity index (χ1n) is 10.8. The molecule has 34 heavy (non-hydrogen) atoms. The van der Waals surface area contributed by atoms with Crippen LogP contribution in [0.25, 0.3) is 11.4 Å². The van der Waals surface area contributed by atoms with E-state index in [4.69, 9.17) is 14.0 Å². The SMILES string of the molecule is Cc1ccccc1-c1noc(CNC(=O)CCCN(c2ccc3c(c2)OCCO3)S(C)(=O)=O)n1. The van der Waals surface area contributed by atoms with Crippen molar-refractivity contribution in [3.63, 3.8) is 0 Å². The molecule has 1 aromatic heterocycles. The minimum Gasteiger partial charge on any atom is -0.486 e. The van der Waals surface area contributed by atoms with E-state index >= 15 is 0 Å². The summed E-state index contributed by atoms with van der Waals surface area (Å²) < 4.78 is 42.2. The van der Waals surface area contributed by atoms with Gasteiger partial charge in [0.05, 0.1) is 18.5 Å². The number of sulfonamides is 1. The number of ether oxygens (including phenoxy) is 2. The van der Waals surface area contributed by atoms with Gasteiger partial charge in [0.1, 0.15) is 13.2 Å². The van der Waals surface area contributed by atoms with Crippen LogP contribution in [0, 0.1) is 6.92 Å². The maximum Gasteiger partial charge on any atom is 0.246 e. The van der Waals surface area contributed by atoms with Crippen LogP contribution in [0.1, 0.15) is 24.3 Å². The third kappa shape index (κ3) is 5.66. The van der Waals surface area contributed by atoms with Crippen LogP contribution >= 0.6 is 0 Å². The lowest BCUT2D eigenvalue weighted by Gasteiger charge is -2.25. The quantitative estimate of drug-likeness (QED) is 0.490. The monoisotopic (exact) mass is 486 g/mol. The fourth-order valence-electron chi connectivity index (χ4n) is 3.58. The molecule has 1 aliphatic rings. The molecular formula is C23H26N4O6S. The number of carbonyl (C=O) groups is 1. The highest BCUT2D eigenvalue weighted by Crippen LogP contribution is 2.34. The number of rotatable bonds is 9. The van der Waals surface area contributed by atoms with Gasteiger partial charge in [0, 0.05) is 24.6 Å². The number of amides is 1. The average molecular weight is 487 g/mol. The van der Waals surface area contributed by atoms with Gasteiger partial charge in [-0.1, -0.05) is 29.4 Å². The topological polar surface area (TPSA) is 124 Å². The fraction of sp³-hybridized carbons (Fsp3) is 0.348. The van der Waals surface area contributed by atoms with Crippen molar-refractivity contribution in [2.75, 3.05) is 30.3 Å². The van der Waals surface area contributed by atoms with Crippen molar-refractivity contribution in [3.05, 3.63) is 53.9 Å². The first-order valence-corrected chi connectivity index (χ1v) is 12.7. The summed E-state index contributed by atoms with van der Waals surface area (Å²) in [6.45, 7) is 3.05. The molecule has 2 aromatic carbocycles. The molecule has 4 rings (SSSR count). The second-order valence-corrected chi connectivity index (χ2v) is 9.78. The van der Waals surface area contributed by atoms with Crippen LogP contribution in [-0.4, -0.2) is 50.5 Å². The molecule has 0 saturated heterocycles. The molecule has 0 atom stereocenters. The van der Waals surface area contributed by atoms with Gasteiger partial charge >= 0.3 is 0 Å². The number of aryl methyl sites for hydroxylation is 1. The molecule has 1 N–H and O–H groups in total. The highest BCUT2D eigenvalue weighted by atomic mass is 32.2. The summed E-state index contributed by atoms with van der Waals surface area (Å²) in [5, 5.41) is 6.70. The number of carbonyl (C=O) groups excluding carboxylic acids is 1. The third-order valence-corrected chi connectivity index (χ3v) is 6.46. The van der Waals surface area contributed by atoms with E-state index in [1.807, 2.05) is 31.2 Å². The summed E-state index contributed by atoms with van der Waals surface area (Å²) in [6, 6.07) is 12.7. The molecule has 1 aliphatic heterocycles. The molecule has 0 saturated carbocycles. The van der Waals surface area contributed by atoms with Gasteiger partial charge in [0.15, 0.2) is 11.5 Å². The second kappa shape index (κ2) is 10.1. The second-order valence-electron chi connectivity index (χ2n) is 7.87. The van der Waals surface area contributed by atoms with E-state index in [0.29, 0.717) is 48.5 Å². The Morgan fingerprint density at radius 2 is 1.88 bits per heavy atom. The third-order valence-electron chi connectivity index (χ3n) is 5.27. The van der Waals surface area contributed by atoms with Crippen LogP contribution in [0.5, 0.6) is 11.5 Å². The Balaban J connectivity index is 1.30. The number of fused-ring (bicyclic) bond motifs is 1. The van der Waals surface area contributed by atoms with Crippen molar-refractivity contribution in [1.82, 2.24) is 15.5 Å². The summed E-state index contributed by atoms with van der Waals surface area (Å²) >= 11 is 0.